The lowest BCUT2D eigenvalue weighted by molar-refractivity contribution is -0.119. The number of hydrogen-bond acceptors (Lipinski definition) is 4. The van der Waals surface area contributed by atoms with Gasteiger partial charge in [-0.1, -0.05) is 20.8 Å². The van der Waals surface area contributed by atoms with Crippen LogP contribution in [0.1, 0.15) is 38.1 Å². The highest BCUT2D eigenvalue weighted by atomic mass is 79.9. The molecule has 1 aromatic rings. The number of anilines is 1. The maximum absolute atomic E-state index is 12.1. The number of amides is 1. The lowest BCUT2D eigenvalue weighted by Gasteiger charge is -2.26. The Morgan fingerprint density at radius 2 is 2.00 bits per heavy atom. The van der Waals surface area contributed by atoms with Gasteiger partial charge in [-0.15, -0.1) is 0 Å². The maximum atomic E-state index is 12.1. The lowest BCUT2D eigenvalue weighted by atomic mass is 9.87. The number of ether oxygens (including phenoxy) is 1. The Labute approximate surface area is 133 Å². The van der Waals surface area contributed by atoms with Crippen LogP contribution in [0.2, 0.25) is 0 Å². The minimum Gasteiger partial charge on any atom is -0.462 e. The third-order valence-electron chi connectivity index (χ3n) is 2.95. The van der Waals surface area contributed by atoms with E-state index in [1.807, 2.05) is 20.8 Å². The normalized spacial score (nSPS) is 12.7. The van der Waals surface area contributed by atoms with E-state index in [1.165, 1.54) is 0 Å². The Kier molecular flexibility index (Phi) is 5.92. The van der Waals surface area contributed by atoms with Crippen LogP contribution < -0.4 is 11.1 Å². The summed E-state index contributed by atoms with van der Waals surface area (Å²) in [4.78, 5) is 23.7. The molecule has 1 amide bonds. The standard InChI is InChI=1S/C15H21BrN2O3/c1-5-21-14(20)9-6-7-11(10(16)8-9)18-13(19)12(17)15(2,3)4/h6-8,12H,5,17H2,1-4H3,(H,18,19)/t12-/m0/s1. The van der Waals surface area contributed by atoms with Crippen molar-refractivity contribution in [2.45, 2.75) is 33.7 Å². The van der Waals surface area contributed by atoms with E-state index in [0.717, 1.165) is 0 Å². The second-order valence-corrected chi connectivity index (χ2v) is 6.60. The molecule has 116 valence electrons. The number of nitrogens with one attached hydrogen (secondary N) is 1. The van der Waals surface area contributed by atoms with E-state index in [0.29, 0.717) is 22.3 Å². The van der Waals surface area contributed by atoms with Gasteiger partial charge in [0.05, 0.1) is 23.9 Å². The third-order valence-corrected chi connectivity index (χ3v) is 3.61. The van der Waals surface area contributed by atoms with Crippen molar-refractivity contribution in [1.82, 2.24) is 0 Å². The first-order valence-electron chi connectivity index (χ1n) is 6.70. The molecule has 0 bridgehead atoms. The number of carbonyl (C=O) groups excluding carboxylic acids is 2. The van der Waals surface area contributed by atoms with Crippen LogP contribution in [0.4, 0.5) is 5.69 Å². The van der Waals surface area contributed by atoms with Gasteiger partial charge in [-0.25, -0.2) is 4.79 Å². The van der Waals surface area contributed by atoms with Crippen molar-refractivity contribution in [3.8, 4) is 0 Å². The molecular weight excluding hydrogens is 336 g/mol. The Hall–Kier alpha value is -1.40. The molecule has 1 rings (SSSR count). The molecule has 0 aliphatic carbocycles. The quantitative estimate of drug-likeness (QED) is 0.812. The van der Waals surface area contributed by atoms with Crippen LogP contribution in [-0.4, -0.2) is 24.5 Å². The van der Waals surface area contributed by atoms with E-state index in [9.17, 15) is 9.59 Å². The number of hydrogen-bond donors (Lipinski definition) is 2. The average molecular weight is 357 g/mol. The predicted molar refractivity (Wildman–Crippen MR) is 86.2 cm³/mol. The third kappa shape index (κ3) is 4.82. The number of nitrogens with two attached hydrogens (primary N) is 1. The van der Waals surface area contributed by atoms with Crippen molar-refractivity contribution >= 4 is 33.5 Å². The van der Waals surface area contributed by atoms with E-state index < -0.39 is 12.0 Å². The summed E-state index contributed by atoms with van der Waals surface area (Å²) in [5.74, 6) is -0.672. The lowest BCUT2D eigenvalue weighted by Crippen LogP contribution is -2.45. The maximum Gasteiger partial charge on any atom is 0.338 e. The summed E-state index contributed by atoms with van der Waals surface area (Å²) >= 11 is 3.33. The van der Waals surface area contributed by atoms with Crippen molar-refractivity contribution < 1.29 is 14.3 Å². The van der Waals surface area contributed by atoms with Crippen molar-refractivity contribution in [3.05, 3.63) is 28.2 Å². The highest BCUT2D eigenvalue weighted by molar-refractivity contribution is 9.10. The predicted octanol–water partition coefficient (Wildman–Crippen LogP) is 2.94. The highest BCUT2D eigenvalue weighted by Crippen LogP contribution is 2.25. The molecule has 6 heteroatoms. The Morgan fingerprint density at radius 1 is 1.38 bits per heavy atom. The van der Waals surface area contributed by atoms with Crippen molar-refractivity contribution in [1.29, 1.82) is 0 Å². The molecule has 0 aromatic heterocycles. The van der Waals surface area contributed by atoms with E-state index in [1.54, 1.807) is 25.1 Å². The molecule has 0 fully saturated rings. The highest BCUT2D eigenvalue weighted by Gasteiger charge is 2.27. The SMILES string of the molecule is CCOC(=O)c1ccc(NC(=O)[C@H](N)C(C)(C)C)c(Br)c1. The molecule has 0 radical (unpaired) electrons. The summed E-state index contributed by atoms with van der Waals surface area (Å²) in [5, 5.41) is 2.75. The van der Waals surface area contributed by atoms with Crippen molar-refractivity contribution in [3.63, 3.8) is 0 Å². The smallest absolute Gasteiger partial charge is 0.338 e. The minimum atomic E-state index is -0.630. The van der Waals surface area contributed by atoms with E-state index in [2.05, 4.69) is 21.2 Å². The van der Waals surface area contributed by atoms with Crippen LogP contribution in [0.5, 0.6) is 0 Å². The van der Waals surface area contributed by atoms with Crippen LogP contribution >= 0.6 is 15.9 Å². The number of benzene rings is 1. The van der Waals surface area contributed by atoms with Gasteiger partial charge >= 0.3 is 5.97 Å². The van der Waals surface area contributed by atoms with Gasteiger partial charge in [0, 0.05) is 4.47 Å². The van der Waals surface area contributed by atoms with Gasteiger partial charge in [0.25, 0.3) is 0 Å². The molecule has 0 saturated carbocycles. The second-order valence-electron chi connectivity index (χ2n) is 5.75. The van der Waals surface area contributed by atoms with Crippen LogP contribution in [0, 0.1) is 5.41 Å². The fraction of sp³-hybridized carbons (Fsp3) is 0.467. The summed E-state index contributed by atoms with van der Waals surface area (Å²) < 4.78 is 5.52. The molecular formula is C15H21BrN2O3. The van der Waals surface area contributed by atoms with Gasteiger partial charge in [0.1, 0.15) is 0 Å². The fourth-order valence-electron chi connectivity index (χ4n) is 1.56. The van der Waals surface area contributed by atoms with Gasteiger partial charge in [0.2, 0.25) is 5.91 Å². The number of esters is 1. The summed E-state index contributed by atoms with van der Waals surface area (Å²) in [6.07, 6.45) is 0. The van der Waals surface area contributed by atoms with Crippen LogP contribution in [0.3, 0.4) is 0 Å². The summed E-state index contributed by atoms with van der Waals surface area (Å²) in [6, 6.07) is 4.22. The van der Waals surface area contributed by atoms with Gasteiger partial charge in [-0.3, -0.25) is 4.79 Å². The van der Waals surface area contributed by atoms with Crippen molar-refractivity contribution in [2.75, 3.05) is 11.9 Å². The number of carbonyl (C=O) groups is 2. The molecule has 1 atom stereocenters. The van der Waals surface area contributed by atoms with Gasteiger partial charge in [-0.05, 0) is 46.5 Å². The van der Waals surface area contributed by atoms with Crippen molar-refractivity contribution in [2.24, 2.45) is 11.1 Å². The molecule has 0 aliphatic rings. The van der Waals surface area contributed by atoms with E-state index >= 15 is 0 Å². The largest absolute Gasteiger partial charge is 0.462 e. The van der Waals surface area contributed by atoms with Crippen LogP contribution in [0.25, 0.3) is 0 Å². The molecule has 0 heterocycles. The Morgan fingerprint density at radius 3 is 2.48 bits per heavy atom. The molecule has 21 heavy (non-hydrogen) atoms. The molecule has 0 aliphatic heterocycles. The summed E-state index contributed by atoms with van der Waals surface area (Å²) in [6.45, 7) is 7.76. The fourth-order valence-corrected chi connectivity index (χ4v) is 2.04. The van der Waals surface area contributed by atoms with E-state index in [-0.39, 0.29) is 11.3 Å². The summed E-state index contributed by atoms with van der Waals surface area (Å²) in [5.41, 5.74) is 6.56. The first kappa shape index (κ1) is 17.7. The van der Waals surface area contributed by atoms with Gasteiger partial charge in [-0.2, -0.15) is 0 Å². The molecule has 0 spiro atoms. The Bertz CT molecular complexity index is 538. The molecule has 1 aromatic carbocycles. The first-order valence-corrected chi connectivity index (χ1v) is 7.49. The second kappa shape index (κ2) is 7.04. The zero-order valence-corrected chi connectivity index (χ0v) is 14.3. The zero-order chi connectivity index (χ0) is 16.2. The van der Waals surface area contributed by atoms with Gasteiger partial charge in [0.15, 0.2) is 0 Å². The average Bonchev–Trinajstić information content (AvgIpc) is 2.39. The van der Waals surface area contributed by atoms with Gasteiger partial charge < -0.3 is 15.8 Å². The zero-order valence-electron chi connectivity index (χ0n) is 12.7. The van der Waals surface area contributed by atoms with Crippen LogP contribution in [0.15, 0.2) is 22.7 Å². The summed E-state index contributed by atoms with van der Waals surface area (Å²) in [7, 11) is 0. The molecule has 0 unspecified atom stereocenters. The first-order chi connectivity index (χ1) is 9.66. The Balaban J connectivity index is 2.87. The molecule has 0 saturated heterocycles. The number of rotatable bonds is 4. The van der Waals surface area contributed by atoms with E-state index in [4.69, 9.17) is 10.5 Å². The monoisotopic (exact) mass is 356 g/mol. The number of halogens is 1. The molecule has 5 nitrogen and oxygen atoms in total. The van der Waals surface area contributed by atoms with Crippen LogP contribution in [-0.2, 0) is 9.53 Å². The topological polar surface area (TPSA) is 81.4 Å². The molecule has 3 N–H and O–H groups in total. The minimum absolute atomic E-state index is 0.271.